The standard InChI is InChI=1S/C17H17BrFN7O4S/c18-13-10-12(6-7-14(13)19)22-17(23-27)15-16(25-30-24-15)20-8-9-21-31(28,29)26-11-4-2-1-3-5-11/h1-7,10,21,26-27H,8-9H2,(H,20,25)(H,22,23). The van der Waals surface area contributed by atoms with Crippen molar-refractivity contribution in [2.75, 3.05) is 23.1 Å². The van der Waals surface area contributed by atoms with Crippen molar-refractivity contribution in [1.82, 2.24) is 20.5 Å². The number of hydroxylamine groups is 1. The predicted molar refractivity (Wildman–Crippen MR) is 115 cm³/mol. The highest BCUT2D eigenvalue weighted by Crippen LogP contribution is 2.23. The van der Waals surface area contributed by atoms with Crippen LogP contribution < -0.4 is 20.2 Å². The molecule has 0 spiro atoms. The zero-order valence-electron chi connectivity index (χ0n) is 15.7. The second-order valence-electron chi connectivity index (χ2n) is 5.92. The minimum absolute atomic E-state index is 0.0123. The molecule has 3 aromatic rings. The first kappa shape index (κ1) is 22.6. The predicted octanol–water partition coefficient (Wildman–Crippen LogP) is 2.39. The lowest BCUT2D eigenvalue weighted by atomic mass is 10.3. The molecule has 3 rings (SSSR count). The molecular formula is C17H17BrFN7O4S. The van der Waals surface area contributed by atoms with Gasteiger partial charge in [-0.3, -0.25) is 15.4 Å². The second kappa shape index (κ2) is 10.3. The number of hydrogen-bond donors (Lipinski definition) is 5. The first-order valence-electron chi connectivity index (χ1n) is 8.71. The molecule has 0 aliphatic heterocycles. The van der Waals surface area contributed by atoms with Gasteiger partial charge in [0.25, 0.3) is 10.2 Å². The number of rotatable bonds is 9. The lowest BCUT2D eigenvalue weighted by Gasteiger charge is -2.10. The third-order valence-electron chi connectivity index (χ3n) is 3.70. The Morgan fingerprint density at radius 3 is 2.65 bits per heavy atom. The maximum atomic E-state index is 13.4. The number of benzene rings is 2. The lowest BCUT2D eigenvalue weighted by Crippen LogP contribution is -2.34. The molecule has 0 unspecified atom stereocenters. The number of nitrogens with one attached hydrogen (secondary N) is 4. The molecule has 1 heterocycles. The lowest BCUT2D eigenvalue weighted by molar-refractivity contribution is 0.234. The minimum Gasteiger partial charge on any atom is -0.364 e. The van der Waals surface area contributed by atoms with Crippen LogP contribution in [0.25, 0.3) is 0 Å². The first-order valence-corrected chi connectivity index (χ1v) is 11.0. The number of para-hydroxylation sites is 1. The average Bonchev–Trinajstić information content (AvgIpc) is 3.21. The monoisotopic (exact) mass is 513 g/mol. The van der Waals surface area contributed by atoms with Gasteiger partial charge in [0, 0.05) is 18.8 Å². The maximum Gasteiger partial charge on any atom is 0.299 e. The van der Waals surface area contributed by atoms with Gasteiger partial charge in [0.1, 0.15) is 5.82 Å². The molecule has 0 aliphatic rings. The normalized spacial score (nSPS) is 11.9. The molecule has 1 aromatic heterocycles. The summed E-state index contributed by atoms with van der Waals surface area (Å²) in [5.41, 5.74) is 2.66. The summed E-state index contributed by atoms with van der Waals surface area (Å²) in [5.74, 6) is -0.475. The molecule has 164 valence electrons. The number of nitrogens with zero attached hydrogens (tertiary/aromatic N) is 3. The number of amidine groups is 1. The van der Waals surface area contributed by atoms with Gasteiger partial charge in [-0.05, 0) is 56.6 Å². The van der Waals surface area contributed by atoms with Gasteiger partial charge in [0.2, 0.25) is 5.82 Å². The van der Waals surface area contributed by atoms with E-state index in [0.29, 0.717) is 11.4 Å². The van der Waals surface area contributed by atoms with Crippen LogP contribution in [0.1, 0.15) is 5.69 Å². The largest absolute Gasteiger partial charge is 0.364 e. The third kappa shape index (κ3) is 6.45. The number of hydrogen-bond acceptors (Lipinski definition) is 8. The van der Waals surface area contributed by atoms with Crippen LogP contribution in [0.15, 0.2) is 62.6 Å². The maximum absolute atomic E-state index is 13.4. The van der Waals surface area contributed by atoms with Gasteiger partial charge in [-0.25, -0.2) is 14.0 Å². The van der Waals surface area contributed by atoms with E-state index in [0.717, 1.165) is 0 Å². The highest BCUT2D eigenvalue weighted by Gasteiger charge is 2.17. The van der Waals surface area contributed by atoms with Gasteiger partial charge in [-0.15, -0.1) is 0 Å². The zero-order valence-corrected chi connectivity index (χ0v) is 18.1. The number of anilines is 2. The number of aromatic nitrogens is 2. The Hall–Kier alpha value is -3.07. The van der Waals surface area contributed by atoms with Crippen molar-refractivity contribution in [2.45, 2.75) is 0 Å². The molecule has 0 aliphatic carbocycles. The fraction of sp³-hybridized carbons (Fsp3) is 0.118. The Bertz CT molecular complexity index is 1160. The highest BCUT2D eigenvalue weighted by molar-refractivity contribution is 9.10. The van der Waals surface area contributed by atoms with Crippen LogP contribution in [0.4, 0.5) is 21.6 Å². The molecule has 11 nitrogen and oxygen atoms in total. The van der Waals surface area contributed by atoms with Crippen LogP contribution in [-0.2, 0) is 10.2 Å². The summed E-state index contributed by atoms with van der Waals surface area (Å²) in [5, 5.41) is 19.6. The van der Waals surface area contributed by atoms with Crippen LogP contribution in [0.3, 0.4) is 0 Å². The van der Waals surface area contributed by atoms with E-state index in [1.165, 1.54) is 18.2 Å². The molecule has 0 bridgehead atoms. The molecule has 0 amide bonds. The van der Waals surface area contributed by atoms with Crippen molar-refractivity contribution in [2.24, 2.45) is 4.99 Å². The van der Waals surface area contributed by atoms with Gasteiger partial charge in [-0.1, -0.05) is 18.2 Å². The van der Waals surface area contributed by atoms with E-state index in [2.05, 4.69) is 50.6 Å². The van der Waals surface area contributed by atoms with Gasteiger partial charge in [0.15, 0.2) is 11.5 Å². The SMILES string of the molecule is O=S(=O)(NCCNc1nonc1C(=Nc1ccc(F)c(Br)c1)NO)Nc1ccccc1. The van der Waals surface area contributed by atoms with Gasteiger partial charge in [0.05, 0.1) is 10.2 Å². The van der Waals surface area contributed by atoms with Gasteiger partial charge < -0.3 is 5.32 Å². The summed E-state index contributed by atoms with van der Waals surface area (Å²) in [4.78, 5) is 4.13. The van der Waals surface area contributed by atoms with E-state index in [-0.39, 0.29) is 34.9 Å². The summed E-state index contributed by atoms with van der Waals surface area (Å²) in [6.07, 6.45) is 0. The van der Waals surface area contributed by atoms with E-state index in [1.807, 2.05) is 5.48 Å². The molecular weight excluding hydrogens is 497 g/mol. The molecule has 0 atom stereocenters. The molecule has 0 saturated heterocycles. The summed E-state index contributed by atoms with van der Waals surface area (Å²) >= 11 is 3.05. The van der Waals surface area contributed by atoms with E-state index >= 15 is 0 Å². The molecule has 14 heteroatoms. The van der Waals surface area contributed by atoms with E-state index < -0.39 is 16.0 Å². The van der Waals surface area contributed by atoms with Crippen molar-refractivity contribution >= 4 is 49.2 Å². The summed E-state index contributed by atoms with van der Waals surface area (Å²) in [7, 11) is -3.77. The molecule has 0 fully saturated rings. The Kier molecular flexibility index (Phi) is 7.51. The molecule has 0 saturated carbocycles. The fourth-order valence-electron chi connectivity index (χ4n) is 2.34. The first-order chi connectivity index (χ1) is 14.9. The Labute approximate surface area is 185 Å². The fourth-order valence-corrected chi connectivity index (χ4v) is 3.59. The van der Waals surface area contributed by atoms with E-state index in [1.54, 1.807) is 30.3 Å². The third-order valence-corrected chi connectivity index (χ3v) is 5.39. The molecule has 5 N–H and O–H groups in total. The van der Waals surface area contributed by atoms with Crippen molar-refractivity contribution < 1.29 is 22.6 Å². The Morgan fingerprint density at radius 1 is 1.16 bits per heavy atom. The summed E-state index contributed by atoms with van der Waals surface area (Å²) in [6.45, 7) is 0.135. The Balaban J connectivity index is 1.60. The minimum atomic E-state index is -3.77. The zero-order chi connectivity index (χ0) is 22.3. The molecule has 2 aromatic carbocycles. The molecule has 0 radical (unpaired) electrons. The summed E-state index contributed by atoms with van der Waals surface area (Å²) in [6, 6.07) is 12.4. The van der Waals surface area contributed by atoms with Crippen LogP contribution in [0.2, 0.25) is 0 Å². The smallest absolute Gasteiger partial charge is 0.299 e. The van der Waals surface area contributed by atoms with Crippen molar-refractivity contribution in [1.29, 1.82) is 0 Å². The van der Waals surface area contributed by atoms with Gasteiger partial charge >= 0.3 is 0 Å². The average molecular weight is 514 g/mol. The van der Waals surface area contributed by atoms with Gasteiger partial charge in [-0.2, -0.15) is 13.1 Å². The Morgan fingerprint density at radius 2 is 1.94 bits per heavy atom. The van der Waals surface area contributed by atoms with Crippen LogP contribution in [-0.4, -0.2) is 42.9 Å². The number of halogens is 2. The number of aliphatic imine (C=N–C) groups is 1. The highest BCUT2D eigenvalue weighted by atomic mass is 79.9. The van der Waals surface area contributed by atoms with E-state index in [9.17, 15) is 18.0 Å². The topological polar surface area (TPSA) is 154 Å². The van der Waals surface area contributed by atoms with Crippen molar-refractivity contribution in [3.63, 3.8) is 0 Å². The second-order valence-corrected chi connectivity index (χ2v) is 8.28. The van der Waals surface area contributed by atoms with Crippen molar-refractivity contribution in [3.8, 4) is 0 Å². The van der Waals surface area contributed by atoms with Crippen LogP contribution in [0.5, 0.6) is 0 Å². The van der Waals surface area contributed by atoms with Crippen LogP contribution in [0, 0.1) is 5.82 Å². The summed E-state index contributed by atoms with van der Waals surface area (Å²) < 4.78 is 47.1. The van der Waals surface area contributed by atoms with Crippen LogP contribution >= 0.6 is 15.9 Å². The quantitative estimate of drug-likeness (QED) is 0.126. The van der Waals surface area contributed by atoms with E-state index in [4.69, 9.17) is 0 Å². The molecule has 31 heavy (non-hydrogen) atoms. The van der Waals surface area contributed by atoms with Crippen molar-refractivity contribution in [3.05, 3.63) is 64.5 Å².